The minimum atomic E-state index is -0.418. The van der Waals surface area contributed by atoms with Gasteiger partial charge < -0.3 is 16.4 Å². The number of amides is 2. The zero-order chi connectivity index (χ0) is 20.8. The molecule has 2 aromatic carbocycles. The highest BCUT2D eigenvalue weighted by molar-refractivity contribution is 7.98. The lowest BCUT2D eigenvalue weighted by atomic mass is 10.1. The molecule has 0 bridgehead atoms. The summed E-state index contributed by atoms with van der Waals surface area (Å²) in [4.78, 5) is 34.0. The lowest BCUT2D eigenvalue weighted by molar-refractivity contribution is 0.0945. The molecule has 1 heterocycles. The first-order chi connectivity index (χ1) is 14.0. The van der Waals surface area contributed by atoms with E-state index in [-0.39, 0.29) is 17.4 Å². The summed E-state index contributed by atoms with van der Waals surface area (Å²) in [6.45, 7) is 0.431. The second-order valence-corrected chi connectivity index (χ2v) is 7.06. The molecular formula is C21H21N5O2S. The lowest BCUT2D eigenvalue weighted by Gasteiger charge is -2.09. The molecule has 0 unspecified atom stereocenters. The normalized spacial score (nSPS) is 10.4. The smallest absolute Gasteiger partial charge is 0.273 e. The van der Waals surface area contributed by atoms with Gasteiger partial charge in [0.05, 0.1) is 11.9 Å². The van der Waals surface area contributed by atoms with Crippen LogP contribution in [0, 0.1) is 0 Å². The van der Waals surface area contributed by atoms with Crippen molar-refractivity contribution in [2.45, 2.75) is 11.4 Å². The Kier molecular flexibility index (Phi) is 6.46. The minimum Gasteiger partial charge on any atom is -0.382 e. The van der Waals surface area contributed by atoms with Crippen molar-refractivity contribution in [2.24, 2.45) is 0 Å². The van der Waals surface area contributed by atoms with E-state index in [4.69, 9.17) is 5.73 Å². The van der Waals surface area contributed by atoms with Crippen molar-refractivity contribution in [1.29, 1.82) is 0 Å². The van der Waals surface area contributed by atoms with Gasteiger partial charge in [-0.2, -0.15) is 0 Å². The minimum absolute atomic E-state index is 0.0496. The van der Waals surface area contributed by atoms with E-state index < -0.39 is 5.91 Å². The van der Waals surface area contributed by atoms with Gasteiger partial charge in [-0.15, -0.1) is 11.8 Å². The van der Waals surface area contributed by atoms with Gasteiger partial charge in [0.25, 0.3) is 11.8 Å². The molecule has 0 saturated heterocycles. The zero-order valence-corrected chi connectivity index (χ0v) is 16.9. The number of hydrogen-bond donors (Lipinski definition) is 3. The number of nitrogens with zero attached hydrogens (tertiary/aromatic N) is 2. The molecular weight excluding hydrogens is 386 g/mol. The number of benzene rings is 2. The summed E-state index contributed by atoms with van der Waals surface area (Å²) in [6.07, 6.45) is 3.50. The van der Waals surface area contributed by atoms with Crippen LogP contribution in [0.15, 0.2) is 59.6 Å². The van der Waals surface area contributed by atoms with Gasteiger partial charge in [-0.25, -0.2) is 9.97 Å². The highest BCUT2D eigenvalue weighted by Gasteiger charge is 2.14. The molecule has 4 N–H and O–H groups in total. The Morgan fingerprint density at radius 3 is 2.55 bits per heavy atom. The predicted molar refractivity (Wildman–Crippen MR) is 115 cm³/mol. The Hall–Kier alpha value is -3.39. The Bertz CT molecular complexity index is 1040. The monoisotopic (exact) mass is 407 g/mol. The van der Waals surface area contributed by atoms with Gasteiger partial charge in [-0.05, 0) is 36.1 Å². The number of aromatic nitrogens is 2. The SMILES string of the molecule is CNC(=O)c1nc(-c2cccc(C(=O)NCc3ccc(SC)cc3)c2)cnc1N. The van der Waals surface area contributed by atoms with Crippen LogP contribution in [0.3, 0.4) is 0 Å². The first kappa shape index (κ1) is 20.3. The predicted octanol–water partition coefficient (Wildman–Crippen LogP) is 2.74. The first-order valence-corrected chi connectivity index (χ1v) is 10.1. The molecule has 8 heteroatoms. The van der Waals surface area contributed by atoms with Crippen LogP contribution in [-0.2, 0) is 6.54 Å². The topological polar surface area (TPSA) is 110 Å². The molecule has 0 aliphatic rings. The highest BCUT2D eigenvalue weighted by Crippen LogP contribution is 2.20. The van der Waals surface area contributed by atoms with Gasteiger partial charge in [0, 0.05) is 29.6 Å². The lowest BCUT2D eigenvalue weighted by Crippen LogP contribution is -2.23. The van der Waals surface area contributed by atoms with E-state index >= 15 is 0 Å². The Labute approximate surface area is 173 Å². The van der Waals surface area contributed by atoms with Gasteiger partial charge in [0.2, 0.25) is 0 Å². The van der Waals surface area contributed by atoms with Crippen LogP contribution >= 0.6 is 11.8 Å². The molecule has 29 heavy (non-hydrogen) atoms. The Morgan fingerprint density at radius 1 is 1.10 bits per heavy atom. The molecule has 0 saturated carbocycles. The van der Waals surface area contributed by atoms with Crippen molar-refractivity contribution in [1.82, 2.24) is 20.6 Å². The van der Waals surface area contributed by atoms with E-state index in [1.165, 1.54) is 18.1 Å². The summed E-state index contributed by atoms with van der Waals surface area (Å²) in [5.41, 5.74) is 8.42. The molecule has 0 spiro atoms. The van der Waals surface area contributed by atoms with Crippen molar-refractivity contribution in [3.05, 3.63) is 71.5 Å². The molecule has 2 amide bonds. The molecule has 3 rings (SSSR count). The molecule has 0 fully saturated rings. The van der Waals surface area contributed by atoms with Crippen molar-refractivity contribution in [3.63, 3.8) is 0 Å². The Morgan fingerprint density at radius 2 is 1.86 bits per heavy atom. The van der Waals surface area contributed by atoms with Crippen molar-refractivity contribution in [3.8, 4) is 11.3 Å². The molecule has 0 atom stereocenters. The second kappa shape index (κ2) is 9.20. The number of anilines is 1. The van der Waals surface area contributed by atoms with Gasteiger partial charge in [0.15, 0.2) is 11.5 Å². The van der Waals surface area contributed by atoms with Crippen molar-refractivity contribution < 1.29 is 9.59 Å². The maximum atomic E-state index is 12.6. The number of rotatable bonds is 6. The number of carbonyl (C=O) groups is 2. The Balaban J connectivity index is 1.76. The largest absolute Gasteiger partial charge is 0.382 e. The van der Waals surface area contributed by atoms with E-state index in [2.05, 4.69) is 20.6 Å². The maximum absolute atomic E-state index is 12.6. The van der Waals surface area contributed by atoms with Crippen molar-refractivity contribution in [2.75, 3.05) is 19.0 Å². The average molecular weight is 407 g/mol. The third-order valence-corrected chi connectivity index (χ3v) is 5.02. The van der Waals surface area contributed by atoms with Gasteiger partial charge in [0.1, 0.15) is 0 Å². The molecule has 0 radical (unpaired) electrons. The number of nitrogens with one attached hydrogen (secondary N) is 2. The quantitative estimate of drug-likeness (QED) is 0.542. The van der Waals surface area contributed by atoms with E-state index in [0.717, 1.165) is 5.56 Å². The standard InChI is InChI=1S/C21H21N5O2S/c1-23-21(28)18-19(22)24-12-17(26-18)14-4-3-5-15(10-14)20(27)25-11-13-6-8-16(29-2)9-7-13/h3-10,12H,11H2,1-2H3,(H2,22,24)(H,23,28)(H,25,27). The van der Waals surface area contributed by atoms with Crippen molar-refractivity contribution >= 4 is 29.4 Å². The average Bonchev–Trinajstić information content (AvgIpc) is 2.77. The maximum Gasteiger partial charge on any atom is 0.273 e. The summed E-state index contributed by atoms with van der Waals surface area (Å²) in [5.74, 6) is -0.566. The first-order valence-electron chi connectivity index (χ1n) is 8.88. The second-order valence-electron chi connectivity index (χ2n) is 6.18. The molecule has 148 valence electrons. The third-order valence-electron chi connectivity index (χ3n) is 4.28. The molecule has 0 aliphatic heterocycles. The summed E-state index contributed by atoms with van der Waals surface area (Å²) in [7, 11) is 1.50. The van der Waals surface area contributed by atoms with E-state index in [1.807, 2.05) is 30.5 Å². The number of hydrogen-bond acceptors (Lipinski definition) is 6. The van der Waals surface area contributed by atoms with Gasteiger partial charge in [-0.3, -0.25) is 9.59 Å². The number of nitrogens with two attached hydrogens (primary N) is 1. The van der Waals surface area contributed by atoms with Gasteiger partial charge >= 0.3 is 0 Å². The fourth-order valence-electron chi connectivity index (χ4n) is 2.67. The molecule has 1 aromatic heterocycles. The zero-order valence-electron chi connectivity index (χ0n) is 16.1. The number of thioether (sulfide) groups is 1. The summed E-state index contributed by atoms with van der Waals surface area (Å²) < 4.78 is 0. The summed E-state index contributed by atoms with van der Waals surface area (Å²) >= 11 is 1.67. The summed E-state index contributed by atoms with van der Waals surface area (Å²) in [5, 5.41) is 5.40. The fourth-order valence-corrected chi connectivity index (χ4v) is 3.08. The summed E-state index contributed by atoms with van der Waals surface area (Å²) in [6, 6.07) is 15.0. The van der Waals surface area contributed by atoms with Crippen LogP contribution in [0.4, 0.5) is 5.82 Å². The van der Waals surface area contributed by atoms with Crippen LogP contribution in [-0.4, -0.2) is 35.1 Å². The van der Waals surface area contributed by atoms with Crippen LogP contribution in [0.2, 0.25) is 0 Å². The third kappa shape index (κ3) is 4.91. The number of carbonyl (C=O) groups excluding carboxylic acids is 2. The van der Waals surface area contributed by atoms with Gasteiger partial charge in [-0.1, -0.05) is 24.3 Å². The van der Waals surface area contributed by atoms with Crippen LogP contribution in [0.5, 0.6) is 0 Å². The molecule has 0 aliphatic carbocycles. The highest BCUT2D eigenvalue weighted by atomic mass is 32.2. The van der Waals surface area contributed by atoms with Crippen LogP contribution in [0.1, 0.15) is 26.4 Å². The van der Waals surface area contributed by atoms with E-state index in [1.54, 1.807) is 36.0 Å². The van der Waals surface area contributed by atoms with Crippen LogP contribution < -0.4 is 16.4 Å². The molecule has 3 aromatic rings. The fraction of sp³-hybridized carbons (Fsp3) is 0.143. The van der Waals surface area contributed by atoms with Crippen LogP contribution in [0.25, 0.3) is 11.3 Å². The van der Waals surface area contributed by atoms with E-state index in [9.17, 15) is 9.59 Å². The van der Waals surface area contributed by atoms with E-state index in [0.29, 0.717) is 23.4 Å². The molecule has 7 nitrogen and oxygen atoms in total. The number of nitrogen functional groups attached to an aromatic ring is 1.